The minimum absolute atomic E-state index is 0.315. The van der Waals surface area contributed by atoms with Gasteiger partial charge in [-0.3, -0.25) is 5.10 Å². The standard InChI is InChI=1S/C14H22N6O2S/c1-13(2,3)20-23(21,22)14(5-4-6-14)8-15-11-10-7-18-19-12(10)17-9-16-11/h7,9,20H,4-6,8H2,1-3H3,(H2,15,16,17,18,19). The van der Waals surface area contributed by atoms with Crippen LogP contribution in [0.5, 0.6) is 0 Å². The maximum atomic E-state index is 12.8. The normalized spacial score (nSPS) is 17.9. The van der Waals surface area contributed by atoms with E-state index in [1.165, 1.54) is 6.33 Å². The molecule has 3 N–H and O–H groups in total. The number of fused-ring (bicyclic) bond motifs is 1. The van der Waals surface area contributed by atoms with E-state index in [-0.39, 0.29) is 0 Å². The lowest BCUT2D eigenvalue weighted by Crippen LogP contribution is -2.58. The van der Waals surface area contributed by atoms with Gasteiger partial charge in [0, 0.05) is 12.1 Å². The van der Waals surface area contributed by atoms with Crippen LogP contribution < -0.4 is 10.0 Å². The molecule has 0 atom stereocenters. The van der Waals surface area contributed by atoms with Crippen molar-refractivity contribution in [2.24, 2.45) is 0 Å². The van der Waals surface area contributed by atoms with Crippen LogP contribution in [-0.2, 0) is 10.0 Å². The average Bonchev–Trinajstić information content (AvgIpc) is 2.82. The molecule has 0 unspecified atom stereocenters. The van der Waals surface area contributed by atoms with Crippen LogP contribution in [0.3, 0.4) is 0 Å². The summed E-state index contributed by atoms with van der Waals surface area (Å²) in [4.78, 5) is 8.28. The Hall–Kier alpha value is -1.74. The van der Waals surface area contributed by atoms with Gasteiger partial charge in [0.2, 0.25) is 10.0 Å². The van der Waals surface area contributed by atoms with Crippen molar-refractivity contribution in [1.29, 1.82) is 0 Å². The van der Waals surface area contributed by atoms with Crippen molar-refractivity contribution < 1.29 is 8.42 Å². The van der Waals surface area contributed by atoms with E-state index in [4.69, 9.17) is 0 Å². The smallest absolute Gasteiger partial charge is 0.219 e. The molecule has 126 valence electrons. The van der Waals surface area contributed by atoms with Gasteiger partial charge in [0.05, 0.1) is 11.6 Å². The number of H-pyrrole nitrogens is 1. The molecule has 1 aliphatic carbocycles. The summed E-state index contributed by atoms with van der Waals surface area (Å²) in [5.74, 6) is 0.598. The Morgan fingerprint density at radius 2 is 2.04 bits per heavy atom. The molecule has 0 saturated heterocycles. The van der Waals surface area contributed by atoms with Crippen LogP contribution in [-0.4, -0.2) is 45.4 Å². The van der Waals surface area contributed by atoms with Crippen LogP contribution in [0.1, 0.15) is 40.0 Å². The second kappa shape index (κ2) is 5.41. The SMILES string of the molecule is CC(C)(C)NS(=O)(=O)C1(CNc2ncnc3[nH]ncc23)CCC1. The topological polar surface area (TPSA) is 113 Å². The third-order valence-electron chi connectivity index (χ3n) is 4.10. The summed E-state index contributed by atoms with van der Waals surface area (Å²) < 4.78 is 27.6. The number of hydrogen-bond acceptors (Lipinski definition) is 6. The molecule has 0 amide bonds. The highest BCUT2D eigenvalue weighted by Crippen LogP contribution is 2.39. The molecule has 2 aromatic heterocycles. The number of nitrogens with zero attached hydrogens (tertiary/aromatic N) is 3. The van der Waals surface area contributed by atoms with Crippen molar-refractivity contribution in [3.8, 4) is 0 Å². The molecule has 0 aliphatic heterocycles. The van der Waals surface area contributed by atoms with E-state index in [1.54, 1.807) is 6.20 Å². The van der Waals surface area contributed by atoms with Gasteiger partial charge in [-0.1, -0.05) is 6.42 Å². The molecule has 2 heterocycles. The lowest BCUT2D eigenvalue weighted by molar-refractivity contribution is 0.339. The molecular formula is C14H22N6O2S. The Morgan fingerprint density at radius 1 is 1.30 bits per heavy atom. The second-order valence-electron chi connectivity index (χ2n) is 7.10. The molecule has 9 heteroatoms. The first-order chi connectivity index (χ1) is 10.7. The number of sulfonamides is 1. The van der Waals surface area contributed by atoms with Gasteiger partial charge in [-0.2, -0.15) is 5.10 Å². The summed E-state index contributed by atoms with van der Waals surface area (Å²) in [5, 5.41) is 10.6. The van der Waals surface area contributed by atoms with E-state index in [9.17, 15) is 8.42 Å². The van der Waals surface area contributed by atoms with Gasteiger partial charge in [-0.15, -0.1) is 0 Å². The van der Waals surface area contributed by atoms with Gasteiger partial charge in [0.25, 0.3) is 0 Å². The first kappa shape index (κ1) is 16.1. The number of aromatic nitrogens is 4. The van der Waals surface area contributed by atoms with Crippen LogP contribution in [0.15, 0.2) is 12.5 Å². The summed E-state index contributed by atoms with van der Waals surface area (Å²) in [5.41, 5.74) is 0.134. The number of anilines is 1. The van der Waals surface area contributed by atoms with Crippen LogP contribution in [0.25, 0.3) is 11.0 Å². The Kier molecular flexibility index (Phi) is 3.80. The summed E-state index contributed by atoms with van der Waals surface area (Å²) in [6, 6.07) is 0. The molecule has 0 radical (unpaired) electrons. The molecule has 0 aromatic carbocycles. The largest absolute Gasteiger partial charge is 0.368 e. The zero-order valence-corrected chi connectivity index (χ0v) is 14.4. The number of hydrogen-bond donors (Lipinski definition) is 3. The van der Waals surface area contributed by atoms with Crippen molar-refractivity contribution in [2.45, 2.75) is 50.3 Å². The summed E-state index contributed by atoms with van der Waals surface area (Å²) in [6.45, 7) is 5.87. The van der Waals surface area contributed by atoms with Gasteiger partial charge < -0.3 is 5.32 Å². The molecule has 23 heavy (non-hydrogen) atoms. The van der Waals surface area contributed by atoms with Gasteiger partial charge in [-0.25, -0.2) is 23.1 Å². The predicted molar refractivity (Wildman–Crippen MR) is 88.6 cm³/mol. The van der Waals surface area contributed by atoms with Gasteiger partial charge in [0.1, 0.15) is 16.9 Å². The van der Waals surface area contributed by atoms with Crippen molar-refractivity contribution in [2.75, 3.05) is 11.9 Å². The zero-order chi connectivity index (χ0) is 16.7. The number of nitrogens with one attached hydrogen (secondary N) is 3. The highest BCUT2D eigenvalue weighted by molar-refractivity contribution is 7.91. The first-order valence-electron chi connectivity index (χ1n) is 7.64. The first-order valence-corrected chi connectivity index (χ1v) is 9.12. The van der Waals surface area contributed by atoms with E-state index in [2.05, 4.69) is 30.2 Å². The zero-order valence-electron chi connectivity index (χ0n) is 13.5. The molecule has 0 spiro atoms. The summed E-state index contributed by atoms with van der Waals surface area (Å²) in [7, 11) is -3.43. The van der Waals surface area contributed by atoms with Gasteiger partial charge in [-0.05, 0) is 33.6 Å². The minimum atomic E-state index is -3.43. The lowest BCUT2D eigenvalue weighted by atomic mass is 9.84. The van der Waals surface area contributed by atoms with Gasteiger partial charge >= 0.3 is 0 Å². The molecule has 3 rings (SSSR count). The number of aromatic amines is 1. The third-order valence-corrected chi connectivity index (χ3v) is 6.68. The van der Waals surface area contributed by atoms with Crippen LogP contribution in [0, 0.1) is 0 Å². The van der Waals surface area contributed by atoms with Crippen LogP contribution in [0.4, 0.5) is 5.82 Å². The highest BCUT2D eigenvalue weighted by Gasteiger charge is 2.49. The molecule has 0 bridgehead atoms. The van der Waals surface area contributed by atoms with Crippen LogP contribution >= 0.6 is 0 Å². The summed E-state index contributed by atoms with van der Waals surface area (Å²) >= 11 is 0. The average molecular weight is 338 g/mol. The molecule has 1 aliphatic rings. The maximum Gasteiger partial charge on any atom is 0.219 e. The Bertz CT molecular complexity index is 804. The predicted octanol–water partition coefficient (Wildman–Crippen LogP) is 1.41. The molecule has 8 nitrogen and oxygen atoms in total. The van der Waals surface area contributed by atoms with E-state index >= 15 is 0 Å². The fourth-order valence-corrected chi connectivity index (χ4v) is 4.88. The fraction of sp³-hybridized carbons (Fsp3) is 0.643. The summed E-state index contributed by atoms with van der Waals surface area (Å²) in [6.07, 6.45) is 5.26. The second-order valence-corrected chi connectivity index (χ2v) is 9.18. The van der Waals surface area contributed by atoms with E-state index in [1.807, 2.05) is 20.8 Å². The monoisotopic (exact) mass is 338 g/mol. The maximum absolute atomic E-state index is 12.8. The Balaban J connectivity index is 1.81. The van der Waals surface area contributed by atoms with Crippen molar-refractivity contribution in [1.82, 2.24) is 24.9 Å². The van der Waals surface area contributed by atoms with Crippen LogP contribution in [0.2, 0.25) is 0 Å². The Morgan fingerprint density at radius 3 is 2.65 bits per heavy atom. The van der Waals surface area contributed by atoms with Crippen molar-refractivity contribution >= 4 is 26.9 Å². The minimum Gasteiger partial charge on any atom is -0.368 e. The Labute approximate surface area is 135 Å². The quantitative estimate of drug-likeness (QED) is 0.760. The molecule has 1 fully saturated rings. The van der Waals surface area contributed by atoms with Gasteiger partial charge in [0.15, 0.2) is 5.65 Å². The van der Waals surface area contributed by atoms with E-state index in [0.29, 0.717) is 30.9 Å². The van der Waals surface area contributed by atoms with Crippen molar-refractivity contribution in [3.05, 3.63) is 12.5 Å². The number of rotatable bonds is 5. The molecule has 2 aromatic rings. The van der Waals surface area contributed by atoms with E-state index in [0.717, 1.165) is 11.8 Å². The third kappa shape index (κ3) is 3.02. The lowest BCUT2D eigenvalue weighted by Gasteiger charge is -2.42. The van der Waals surface area contributed by atoms with Crippen molar-refractivity contribution in [3.63, 3.8) is 0 Å². The highest BCUT2D eigenvalue weighted by atomic mass is 32.2. The molecular weight excluding hydrogens is 316 g/mol. The molecule has 1 saturated carbocycles. The fourth-order valence-electron chi connectivity index (χ4n) is 2.77. The van der Waals surface area contributed by atoms with E-state index < -0.39 is 20.3 Å².